The van der Waals surface area contributed by atoms with E-state index in [0.29, 0.717) is 13.2 Å². The Morgan fingerprint density at radius 1 is 0.348 bits per heavy atom. The molecule has 46 heavy (non-hydrogen) atoms. The third-order valence-electron chi connectivity index (χ3n) is 9.45. The van der Waals surface area contributed by atoms with Crippen LogP contribution in [-0.2, 0) is 0 Å². The van der Waals surface area contributed by atoms with E-state index in [1.54, 1.807) is 0 Å². The van der Waals surface area contributed by atoms with Crippen LogP contribution in [0.3, 0.4) is 0 Å². The minimum Gasteiger partial charge on any atom is -0.490 e. The number of fused-ring (bicyclic) bond motifs is 1. The van der Waals surface area contributed by atoms with Crippen LogP contribution in [0.2, 0.25) is 0 Å². The van der Waals surface area contributed by atoms with Crippen molar-refractivity contribution in [1.29, 1.82) is 0 Å². The maximum atomic E-state index is 8.84. The zero-order valence-corrected chi connectivity index (χ0v) is 29.8. The molecule has 0 radical (unpaired) electrons. The summed E-state index contributed by atoms with van der Waals surface area (Å²) in [7, 11) is 0. The number of aliphatic hydroxyl groups excluding tert-OH is 2. The Hall–Kier alpha value is -1.78. The number of benzene rings is 2. The second kappa shape index (κ2) is 30.5. The second-order valence-electron chi connectivity index (χ2n) is 13.7. The van der Waals surface area contributed by atoms with Crippen LogP contribution in [0.4, 0.5) is 0 Å². The predicted octanol–water partition coefficient (Wildman–Crippen LogP) is 12.5. The zero-order chi connectivity index (χ0) is 32.6. The molecule has 2 N–H and O–H groups in total. The van der Waals surface area contributed by atoms with Crippen molar-refractivity contribution >= 4 is 10.8 Å². The lowest BCUT2D eigenvalue weighted by molar-refractivity contribution is 0.261. The van der Waals surface area contributed by atoms with Gasteiger partial charge in [-0.3, -0.25) is 0 Å². The highest BCUT2D eigenvalue weighted by atomic mass is 16.5. The predicted molar refractivity (Wildman–Crippen MR) is 198 cm³/mol. The first kappa shape index (κ1) is 40.4. The number of unbranched alkanes of at least 4 members (excludes halogenated alkanes) is 26. The topological polar surface area (TPSA) is 58.9 Å². The van der Waals surface area contributed by atoms with Gasteiger partial charge >= 0.3 is 0 Å². The summed E-state index contributed by atoms with van der Waals surface area (Å²) in [5.41, 5.74) is 0. The van der Waals surface area contributed by atoms with Crippen molar-refractivity contribution in [2.24, 2.45) is 0 Å². The van der Waals surface area contributed by atoms with Gasteiger partial charge in [-0.05, 0) is 37.1 Å². The lowest BCUT2D eigenvalue weighted by Crippen LogP contribution is -2.03. The molecule has 0 amide bonds. The van der Waals surface area contributed by atoms with E-state index in [4.69, 9.17) is 19.7 Å². The molecule has 0 saturated heterocycles. The maximum Gasteiger partial charge on any atom is 0.168 e. The first-order valence-corrected chi connectivity index (χ1v) is 19.9. The summed E-state index contributed by atoms with van der Waals surface area (Å²) in [6.45, 7) is 2.22. The van der Waals surface area contributed by atoms with E-state index in [0.717, 1.165) is 55.8 Å². The Kier molecular flexibility index (Phi) is 26.8. The lowest BCUT2D eigenvalue weighted by atomic mass is 10.0. The van der Waals surface area contributed by atoms with Crippen molar-refractivity contribution in [3.05, 3.63) is 36.4 Å². The van der Waals surface area contributed by atoms with Crippen molar-refractivity contribution in [3.63, 3.8) is 0 Å². The molecule has 0 spiro atoms. The fourth-order valence-corrected chi connectivity index (χ4v) is 6.51. The SMILES string of the molecule is OCCCCCCCCCCCCCCCCOc1ccc2ccccc2c1OCCCCCCCCCCCCCCCCO. The summed E-state index contributed by atoms with van der Waals surface area (Å²) in [5, 5.41) is 20.1. The third-order valence-corrected chi connectivity index (χ3v) is 9.45. The largest absolute Gasteiger partial charge is 0.490 e. The molecule has 4 heteroatoms. The van der Waals surface area contributed by atoms with E-state index in [1.165, 1.54) is 159 Å². The van der Waals surface area contributed by atoms with Crippen LogP contribution < -0.4 is 9.47 Å². The highest BCUT2D eigenvalue weighted by Crippen LogP contribution is 2.36. The number of hydrogen-bond acceptors (Lipinski definition) is 4. The molecule has 0 unspecified atom stereocenters. The summed E-state index contributed by atoms with van der Waals surface area (Å²) in [6, 6.07) is 12.8. The van der Waals surface area contributed by atoms with E-state index in [1.807, 2.05) is 0 Å². The van der Waals surface area contributed by atoms with Crippen molar-refractivity contribution < 1.29 is 19.7 Å². The molecular weight excluding hydrogens is 568 g/mol. The van der Waals surface area contributed by atoms with E-state index >= 15 is 0 Å². The quantitative estimate of drug-likeness (QED) is 0.0747. The van der Waals surface area contributed by atoms with E-state index < -0.39 is 0 Å². The highest BCUT2D eigenvalue weighted by molar-refractivity contribution is 5.90. The average molecular weight is 641 g/mol. The molecule has 2 rings (SSSR count). The molecule has 0 bridgehead atoms. The van der Waals surface area contributed by atoms with Crippen LogP contribution in [-0.4, -0.2) is 36.6 Å². The Bertz CT molecular complexity index is 929. The first-order chi connectivity index (χ1) is 22.9. The molecule has 2 aromatic rings. The maximum absolute atomic E-state index is 8.84. The summed E-state index contributed by atoms with van der Waals surface area (Å²) >= 11 is 0. The van der Waals surface area contributed by atoms with Gasteiger partial charge in [0.25, 0.3) is 0 Å². The van der Waals surface area contributed by atoms with Crippen LogP contribution in [0, 0.1) is 0 Å². The summed E-state index contributed by atoms with van der Waals surface area (Å²) in [5.74, 6) is 1.83. The molecule has 0 aliphatic carbocycles. The second-order valence-corrected chi connectivity index (χ2v) is 13.7. The van der Waals surface area contributed by atoms with E-state index in [2.05, 4.69) is 36.4 Å². The van der Waals surface area contributed by atoms with Crippen LogP contribution in [0.1, 0.15) is 180 Å². The summed E-state index contributed by atoms with van der Waals surface area (Å²) in [4.78, 5) is 0. The molecule has 0 fully saturated rings. The minimum atomic E-state index is 0.351. The van der Waals surface area contributed by atoms with Gasteiger partial charge in [0.1, 0.15) is 0 Å². The van der Waals surface area contributed by atoms with Gasteiger partial charge in [0.2, 0.25) is 0 Å². The standard InChI is InChI=1S/C42H72O4/c43-35-27-21-17-13-9-5-1-3-7-11-15-19-23-29-37-45-41-34-33-39-31-25-26-32-40(39)42(41)46-38-30-24-20-16-12-8-4-2-6-10-14-18-22-28-36-44/h25-26,31-34,43-44H,1-24,27-30,35-38H2. The van der Waals surface area contributed by atoms with Crippen molar-refractivity contribution in [2.75, 3.05) is 26.4 Å². The molecule has 4 nitrogen and oxygen atoms in total. The first-order valence-electron chi connectivity index (χ1n) is 19.9. The number of hydrogen-bond donors (Lipinski definition) is 2. The fourth-order valence-electron chi connectivity index (χ4n) is 6.51. The van der Waals surface area contributed by atoms with Crippen molar-refractivity contribution in [1.82, 2.24) is 0 Å². The van der Waals surface area contributed by atoms with Crippen LogP contribution >= 0.6 is 0 Å². The lowest BCUT2D eigenvalue weighted by Gasteiger charge is -2.15. The van der Waals surface area contributed by atoms with Crippen molar-refractivity contribution in [2.45, 2.75) is 180 Å². The Morgan fingerprint density at radius 2 is 0.696 bits per heavy atom. The van der Waals surface area contributed by atoms with Gasteiger partial charge in [-0.1, -0.05) is 184 Å². The van der Waals surface area contributed by atoms with Gasteiger partial charge in [-0.2, -0.15) is 0 Å². The number of aliphatic hydroxyl groups is 2. The molecule has 0 atom stereocenters. The third kappa shape index (κ3) is 21.2. The Labute approximate surface area is 284 Å². The molecule has 0 aliphatic heterocycles. The van der Waals surface area contributed by atoms with Gasteiger partial charge in [-0.25, -0.2) is 0 Å². The molecule has 0 aliphatic rings. The Morgan fingerprint density at radius 3 is 1.11 bits per heavy atom. The minimum absolute atomic E-state index is 0.351. The van der Waals surface area contributed by atoms with Gasteiger partial charge in [-0.15, -0.1) is 0 Å². The number of ether oxygens (including phenoxy) is 2. The van der Waals surface area contributed by atoms with Crippen LogP contribution in [0.25, 0.3) is 10.8 Å². The van der Waals surface area contributed by atoms with Gasteiger partial charge in [0.05, 0.1) is 13.2 Å². The smallest absolute Gasteiger partial charge is 0.168 e. The molecular formula is C42H72O4. The van der Waals surface area contributed by atoms with Crippen LogP contribution in [0.15, 0.2) is 36.4 Å². The molecule has 2 aromatic carbocycles. The molecule has 0 heterocycles. The summed E-state index contributed by atoms with van der Waals surface area (Å²) in [6.07, 6.45) is 36.1. The van der Waals surface area contributed by atoms with Gasteiger partial charge in [0, 0.05) is 18.6 Å². The fraction of sp³-hybridized carbons (Fsp3) is 0.762. The number of rotatable bonds is 34. The monoisotopic (exact) mass is 641 g/mol. The summed E-state index contributed by atoms with van der Waals surface area (Å²) < 4.78 is 12.7. The average Bonchev–Trinajstić information content (AvgIpc) is 3.08. The highest BCUT2D eigenvalue weighted by Gasteiger charge is 2.10. The molecule has 0 aromatic heterocycles. The molecule has 0 saturated carbocycles. The van der Waals surface area contributed by atoms with Gasteiger partial charge in [0.15, 0.2) is 11.5 Å². The normalized spacial score (nSPS) is 11.4. The van der Waals surface area contributed by atoms with E-state index in [-0.39, 0.29) is 0 Å². The van der Waals surface area contributed by atoms with E-state index in [9.17, 15) is 0 Å². The van der Waals surface area contributed by atoms with Crippen LogP contribution in [0.5, 0.6) is 11.5 Å². The molecule has 264 valence electrons. The zero-order valence-electron chi connectivity index (χ0n) is 29.8. The Balaban J connectivity index is 1.50. The van der Waals surface area contributed by atoms with Crippen molar-refractivity contribution in [3.8, 4) is 11.5 Å². The van der Waals surface area contributed by atoms with Gasteiger partial charge < -0.3 is 19.7 Å².